The van der Waals surface area contributed by atoms with Crippen LogP contribution in [0.1, 0.15) is 32.0 Å². The molecule has 0 atom stereocenters. The normalized spacial score (nSPS) is 12.7. The lowest BCUT2D eigenvalue weighted by Crippen LogP contribution is -2.35. The van der Waals surface area contributed by atoms with Gasteiger partial charge in [-0.2, -0.15) is 18.3 Å². The molecule has 0 spiro atoms. The highest BCUT2D eigenvalue weighted by molar-refractivity contribution is 5.64. The monoisotopic (exact) mass is 297 g/mol. The second-order valence-corrected chi connectivity index (χ2v) is 5.93. The summed E-state index contributed by atoms with van der Waals surface area (Å²) in [4.78, 5) is 0. The number of aromatic nitrogens is 2. The highest BCUT2D eigenvalue weighted by Gasteiger charge is 2.33. The molecular formula is C15H18F3N3. The third kappa shape index (κ3) is 4.07. The van der Waals surface area contributed by atoms with Crippen LogP contribution in [-0.4, -0.2) is 15.7 Å². The van der Waals surface area contributed by atoms with E-state index < -0.39 is 11.7 Å². The molecule has 0 saturated carbocycles. The summed E-state index contributed by atoms with van der Waals surface area (Å²) in [5, 5.41) is 10.0. The van der Waals surface area contributed by atoms with E-state index in [-0.39, 0.29) is 11.1 Å². The topological polar surface area (TPSA) is 40.7 Å². The highest BCUT2D eigenvalue weighted by atomic mass is 19.4. The van der Waals surface area contributed by atoms with Gasteiger partial charge in [-0.15, -0.1) is 0 Å². The van der Waals surface area contributed by atoms with Gasteiger partial charge in [-0.3, -0.25) is 5.10 Å². The van der Waals surface area contributed by atoms with Gasteiger partial charge in [-0.25, -0.2) is 0 Å². The minimum absolute atomic E-state index is 0.0743. The maximum atomic E-state index is 13.0. The van der Waals surface area contributed by atoms with Crippen molar-refractivity contribution in [3.8, 4) is 11.3 Å². The molecule has 0 unspecified atom stereocenters. The van der Waals surface area contributed by atoms with Crippen LogP contribution in [0.15, 0.2) is 30.3 Å². The van der Waals surface area contributed by atoms with Crippen molar-refractivity contribution in [3.05, 3.63) is 41.6 Å². The summed E-state index contributed by atoms with van der Waals surface area (Å²) >= 11 is 0. The van der Waals surface area contributed by atoms with Gasteiger partial charge in [0.1, 0.15) is 0 Å². The van der Waals surface area contributed by atoms with Crippen LogP contribution in [0.5, 0.6) is 0 Å². The largest absolute Gasteiger partial charge is 0.417 e. The Labute approximate surface area is 121 Å². The van der Waals surface area contributed by atoms with Gasteiger partial charge < -0.3 is 5.32 Å². The maximum absolute atomic E-state index is 13.0. The Morgan fingerprint density at radius 3 is 2.43 bits per heavy atom. The van der Waals surface area contributed by atoms with Gasteiger partial charge in [-0.1, -0.05) is 18.2 Å². The molecule has 3 nitrogen and oxygen atoms in total. The van der Waals surface area contributed by atoms with E-state index in [9.17, 15) is 13.2 Å². The molecule has 0 bridgehead atoms. The van der Waals surface area contributed by atoms with Gasteiger partial charge >= 0.3 is 6.18 Å². The van der Waals surface area contributed by atoms with Crippen LogP contribution in [0.4, 0.5) is 13.2 Å². The quantitative estimate of drug-likeness (QED) is 0.899. The van der Waals surface area contributed by atoms with Crippen molar-refractivity contribution in [2.24, 2.45) is 0 Å². The molecule has 6 heteroatoms. The molecule has 2 rings (SSSR count). The average molecular weight is 297 g/mol. The number of benzene rings is 1. The van der Waals surface area contributed by atoms with Crippen molar-refractivity contribution in [2.45, 2.75) is 39.0 Å². The Morgan fingerprint density at radius 1 is 1.14 bits per heavy atom. The molecule has 0 aliphatic rings. The fourth-order valence-electron chi connectivity index (χ4n) is 1.90. The van der Waals surface area contributed by atoms with Crippen LogP contribution in [0.2, 0.25) is 0 Å². The first-order chi connectivity index (χ1) is 9.67. The van der Waals surface area contributed by atoms with Crippen LogP contribution in [0, 0.1) is 0 Å². The third-order valence-electron chi connectivity index (χ3n) is 2.95. The van der Waals surface area contributed by atoms with Crippen LogP contribution in [0.25, 0.3) is 11.3 Å². The molecule has 0 saturated heterocycles. The number of aromatic amines is 1. The zero-order valence-electron chi connectivity index (χ0n) is 12.2. The van der Waals surface area contributed by atoms with Gasteiger partial charge in [-0.05, 0) is 32.9 Å². The van der Waals surface area contributed by atoms with E-state index in [1.807, 2.05) is 20.8 Å². The number of halogens is 3. The summed E-state index contributed by atoms with van der Waals surface area (Å²) in [7, 11) is 0. The van der Waals surface area contributed by atoms with E-state index in [4.69, 9.17) is 0 Å². The zero-order chi connectivity index (χ0) is 15.7. The van der Waals surface area contributed by atoms with Crippen molar-refractivity contribution >= 4 is 0 Å². The van der Waals surface area contributed by atoms with Crippen LogP contribution in [-0.2, 0) is 12.7 Å². The Hall–Kier alpha value is -1.82. The Bertz CT molecular complexity index is 609. The average Bonchev–Trinajstić information content (AvgIpc) is 2.83. The number of hydrogen-bond donors (Lipinski definition) is 2. The van der Waals surface area contributed by atoms with E-state index >= 15 is 0 Å². The van der Waals surface area contributed by atoms with E-state index in [0.29, 0.717) is 12.2 Å². The number of alkyl halides is 3. The fraction of sp³-hybridized carbons (Fsp3) is 0.400. The Balaban J connectivity index is 2.26. The summed E-state index contributed by atoms with van der Waals surface area (Å²) in [6, 6.07) is 7.09. The van der Waals surface area contributed by atoms with Crippen LogP contribution in [0.3, 0.4) is 0 Å². The molecule has 2 N–H and O–H groups in total. The molecule has 1 aromatic heterocycles. The second kappa shape index (κ2) is 5.52. The lowest BCUT2D eigenvalue weighted by atomic mass is 10.0. The number of nitrogens with zero attached hydrogens (tertiary/aromatic N) is 1. The SMILES string of the molecule is CC(C)(C)NCc1cc(-c2ccccc2C(F)(F)F)n[nH]1. The van der Waals surface area contributed by atoms with Gasteiger partial charge in [0.2, 0.25) is 0 Å². The van der Waals surface area contributed by atoms with Gasteiger partial charge in [0, 0.05) is 23.3 Å². The van der Waals surface area contributed by atoms with Crippen molar-refractivity contribution < 1.29 is 13.2 Å². The number of rotatable bonds is 3. The Morgan fingerprint density at radius 2 is 1.81 bits per heavy atom. The number of H-pyrrole nitrogens is 1. The minimum atomic E-state index is -4.39. The summed E-state index contributed by atoms with van der Waals surface area (Å²) in [5.41, 5.74) is 0.385. The smallest absolute Gasteiger partial charge is 0.306 e. The van der Waals surface area contributed by atoms with Crippen molar-refractivity contribution in [3.63, 3.8) is 0 Å². The minimum Gasteiger partial charge on any atom is -0.306 e. The molecule has 1 heterocycles. The predicted molar refractivity (Wildman–Crippen MR) is 75.6 cm³/mol. The van der Waals surface area contributed by atoms with Crippen molar-refractivity contribution in [1.29, 1.82) is 0 Å². The molecular weight excluding hydrogens is 279 g/mol. The molecule has 21 heavy (non-hydrogen) atoms. The van der Waals surface area contributed by atoms with Crippen molar-refractivity contribution in [2.75, 3.05) is 0 Å². The second-order valence-electron chi connectivity index (χ2n) is 5.93. The third-order valence-corrected chi connectivity index (χ3v) is 2.95. The Kier molecular flexibility index (Phi) is 4.09. The molecule has 0 amide bonds. The standard InChI is InChI=1S/C15H18F3N3/c1-14(2,3)19-9-10-8-13(21-20-10)11-6-4-5-7-12(11)15(16,17)18/h4-8,19H,9H2,1-3H3,(H,20,21). The first kappa shape index (κ1) is 15.6. The summed E-state index contributed by atoms with van der Waals surface area (Å²) in [6.45, 7) is 6.57. The lowest BCUT2D eigenvalue weighted by Gasteiger charge is -2.19. The molecule has 0 fully saturated rings. The summed E-state index contributed by atoms with van der Waals surface area (Å²) in [5.74, 6) is 0. The lowest BCUT2D eigenvalue weighted by molar-refractivity contribution is -0.137. The van der Waals surface area contributed by atoms with Gasteiger partial charge in [0.25, 0.3) is 0 Å². The van der Waals surface area contributed by atoms with E-state index in [1.54, 1.807) is 12.1 Å². The first-order valence-corrected chi connectivity index (χ1v) is 6.63. The molecule has 0 radical (unpaired) electrons. The predicted octanol–water partition coefficient (Wildman–Crippen LogP) is 3.98. The first-order valence-electron chi connectivity index (χ1n) is 6.63. The zero-order valence-corrected chi connectivity index (χ0v) is 12.2. The molecule has 114 valence electrons. The van der Waals surface area contributed by atoms with E-state index in [2.05, 4.69) is 15.5 Å². The van der Waals surface area contributed by atoms with Gasteiger partial charge in [0.15, 0.2) is 0 Å². The van der Waals surface area contributed by atoms with Crippen molar-refractivity contribution in [1.82, 2.24) is 15.5 Å². The molecule has 0 aliphatic heterocycles. The highest BCUT2D eigenvalue weighted by Crippen LogP contribution is 2.36. The number of nitrogens with one attached hydrogen (secondary N) is 2. The van der Waals surface area contributed by atoms with Crippen LogP contribution >= 0.6 is 0 Å². The van der Waals surface area contributed by atoms with Crippen LogP contribution < -0.4 is 5.32 Å². The fourth-order valence-corrected chi connectivity index (χ4v) is 1.90. The molecule has 1 aromatic carbocycles. The summed E-state index contributed by atoms with van der Waals surface area (Å²) in [6.07, 6.45) is -4.39. The molecule has 0 aliphatic carbocycles. The van der Waals surface area contributed by atoms with Gasteiger partial charge in [0.05, 0.1) is 11.3 Å². The maximum Gasteiger partial charge on any atom is 0.417 e. The van der Waals surface area contributed by atoms with E-state index in [1.165, 1.54) is 12.1 Å². The number of hydrogen-bond acceptors (Lipinski definition) is 2. The summed E-state index contributed by atoms with van der Waals surface area (Å²) < 4.78 is 39.0. The molecule has 2 aromatic rings. The van der Waals surface area contributed by atoms with E-state index in [0.717, 1.165) is 11.8 Å².